The van der Waals surface area contributed by atoms with E-state index in [4.69, 9.17) is 0 Å². The molecule has 0 heterocycles. The zero-order chi connectivity index (χ0) is 2.00. The van der Waals surface area contributed by atoms with Gasteiger partial charge in [0.05, 0.1) is 7.44 Å². The van der Waals surface area contributed by atoms with E-state index < -0.39 is 0 Å². The van der Waals surface area contributed by atoms with Crippen LogP contribution in [0.2, 0.25) is 0 Å². The van der Waals surface area contributed by atoms with Crippen LogP contribution in [0.1, 0.15) is 0 Å². The Hall–Kier alpha value is 2.92. The third kappa shape index (κ3) is 8.87. The monoisotopic (exact) mass is 108 g/mol. The summed E-state index contributed by atoms with van der Waals surface area (Å²) < 4.78 is 0. The Morgan fingerprint density at radius 3 is 1.25 bits per heavy atom. The summed E-state index contributed by atoms with van der Waals surface area (Å²) in [6.07, 6.45) is 0. The molecule has 0 aromatic carbocycles. The Balaban J connectivity index is -0.00000000500. The molecule has 4 heteroatoms. The van der Waals surface area contributed by atoms with Crippen molar-refractivity contribution in [1.29, 1.82) is 0 Å². The van der Waals surface area contributed by atoms with Gasteiger partial charge in [-0.3, -0.25) is 0 Å². The number of rotatable bonds is 0. The third-order valence-corrected chi connectivity index (χ3v) is 0. The fourth-order valence-electron chi connectivity index (χ4n) is 0. The van der Waals surface area contributed by atoms with Gasteiger partial charge in [-0.2, -0.15) is 0 Å². The molecule has 16 valence electrons. The van der Waals surface area contributed by atoms with Crippen LogP contribution in [0.3, 0.4) is 0 Å². The van der Waals surface area contributed by atoms with Crippen molar-refractivity contribution in [3.8, 4) is 0 Å². The molecule has 0 unspecified atom stereocenters. The van der Waals surface area contributed by atoms with Gasteiger partial charge in [0.1, 0.15) is 0 Å². The second-order valence-electron chi connectivity index (χ2n) is 0. The standard InChI is InChI=1S/BH5Si.K.Na.2H/c1-2;;;;/h1H2,2H3;;;;. The first-order valence-corrected chi connectivity index (χ1v) is 3.00. The summed E-state index contributed by atoms with van der Waals surface area (Å²) in [5.41, 5.74) is 0. The molecule has 0 aliphatic rings. The van der Waals surface area contributed by atoms with E-state index in [0.29, 0.717) is 0 Å². The molecular weight excluding hydrogens is 101 g/mol. The molecule has 0 aromatic heterocycles. The van der Waals surface area contributed by atoms with Gasteiger partial charge in [-0.05, 0) is 10.1 Å². The van der Waals surface area contributed by atoms with Gasteiger partial charge in [0.25, 0.3) is 0 Å². The maximum atomic E-state index is 2.14. The summed E-state index contributed by atoms with van der Waals surface area (Å²) in [5, 5.41) is 0. The molecule has 0 aliphatic heterocycles. The molecule has 4 heavy (non-hydrogen) atoms. The summed E-state index contributed by atoms with van der Waals surface area (Å²) in [5.74, 6) is 0. The van der Waals surface area contributed by atoms with Crippen molar-refractivity contribution in [2.24, 2.45) is 0 Å². The minimum atomic E-state index is 0. The van der Waals surface area contributed by atoms with Crippen LogP contribution in [-0.2, 0) is 0 Å². The van der Waals surface area contributed by atoms with E-state index in [-0.39, 0.29) is 80.9 Å². The van der Waals surface area contributed by atoms with Gasteiger partial charge in [0.2, 0.25) is 0 Å². The van der Waals surface area contributed by atoms with Gasteiger partial charge in [-0.1, -0.05) is 0 Å². The summed E-state index contributed by atoms with van der Waals surface area (Å²) in [6.45, 7) is 0. The van der Waals surface area contributed by atoms with E-state index in [0.717, 1.165) is 0 Å². The van der Waals surface area contributed by atoms with Crippen LogP contribution in [0.15, 0.2) is 0 Å². The number of hydrogen-bond donors (Lipinski definition) is 0. The molecule has 0 aliphatic carbocycles. The van der Waals surface area contributed by atoms with Crippen LogP contribution in [0.5, 0.6) is 0 Å². The molecule has 0 nitrogen and oxygen atoms in total. The van der Waals surface area contributed by atoms with Gasteiger partial charge < -0.3 is 0 Å². The first-order chi connectivity index (χ1) is 1.00. The van der Waals surface area contributed by atoms with Gasteiger partial charge in [0, 0.05) is 0 Å². The summed E-state index contributed by atoms with van der Waals surface area (Å²) in [7, 11) is 3.44. The molecule has 0 atom stereocenters. The van der Waals surface area contributed by atoms with Crippen molar-refractivity contribution >= 4 is 98.5 Å². The van der Waals surface area contributed by atoms with Gasteiger partial charge in [0.15, 0.2) is 0 Å². The Labute approximate surface area is 96.0 Å². The Morgan fingerprint density at radius 1 is 1.25 bits per heavy atom. The number of hydrogen-bond acceptors (Lipinski definition) is 0. The van der Waals surface area contributed by atoms with E-state index in [2.05, 4.69) is 7.44 Å². The van der Waals surface area contributed by atoms with Crippen LogP contribution >= 0.6 is 0 Å². The maximum absolute atomic E-state index is 2.14. The van der Waals surface area contributed by atoms with E-state index in [1.54, 1.807) is 0 Å². The molecule has 0 spiro atoms. The fourth-order valence-corrected chi connectivity index (χ4v) is 0. The van der Waals surface area contributed by atoms with Crippen molar-refractivity contribution in [1.82, 2.24) is 0 Å². The van der Waals surface area contributed by atoms with Crippen molar-refractivity contribution in [2.45, 2.75) is 0 Å². The minimum absolute atomic E-state index is 0. The normalized spacial score (nSPS) is 2.00. The molecule has 0 radical (unpaired) electrons. The van der Waals surface area contributed by atoms with Crippen LogP contribution in [0.4, 0.5) is 0 Å². The SMILES string of the molecule is B[SiH3].[KH].[NaH]. The average Bonchev–Trinajstić information content (AvgIpc) is 1.00. The average molecular weight is 108 g/mol. The third-order valence-electron chi connectivity index (χ3n) is 0. The van der Waals surface area contributed by atoms with Crippen LogP contribution < -0.4 is 0 Å². The van der Waals surface area contributed by atoms with Crippen LogP contribution in [-0.4, -0.2) is 98.5 Å². The first-order valence-electron chi connectivity index (χ1n) is 1.00. The predicted molar refractivity (Wildman–Crippen MR) is 32.8 cm³/mol. The van der Waals surface area contributed by atoms with Crippen LogP contribution in [0.25, 0.3) is 0 Å². The zero-order valence-corrected chi connectivity index (χ0v) is 4.00. The fraction of sp³-hybridized carbons (Fsp3) is 0. The van der Waals surface area contributed by atoms with Crippen molar-refractivity contribution in [3.63, 3.8) is 0 Å². The topological polar surface area (TPSA) is 0 Å². The summed E-state index contributed by atoms with van der Waals surface area (Å²) in [6, 6.07) is 0. The molecule has 0 N–H and O–H groups in total. The molecule has 0 bridgehead atoms. The summed E-state index contributed by atoms with van der Waals surface area (Å²) >= 11 is 0. The van der Waals surface area contributed by atoms with Gasteiger partial charge in [-0.15, -0.1) is 0 Å². The zero-order valence-electron chi connectivity index (χ0n) is 2.00. The molecule has 0 aromatic rings. The molecule has 0 amide bonds. The van der Waals surface area contributed by atoms with Gasteiger partial charge in [-0.25, -0.2) is 0 Å². The Bertz CT molecular complexity index is 8.00. The van der Waals surface area contributed by atoms with E-state index in [1.165, 1.54) is 10.1 Å². The van der Waals surface area contributed by atoms with Crippen LogP contribution in [0, 0.1) is 0 Å². The quantitative estimate of drug-likeness (QED) is 0.284. The first kappa shape index (κ1) is 15.8. The summed E-state index contributed by atoms with van der Waals surface area (Å²) in [4.78, 5) is 0. The second kappa shape index (κ2) is 16.8. The molecule has 0 saturated carbocycles. The van der Waals surface area contributed by atoms with E-state index in [1.807, 2.05) is 0 Å². The van der Waals surface area contributed by atoms with Crippen molar-refractivity contribution < 1.29 is 0 Å². The molecule has 0 rings (SSSR count). The predicted octanol–water partition coefficient (Wildman–Crippen LogP) is -3.40. The van der Waals surface area contributed by atoms with E-state index in [9.17, 15) is 0 Å². The Morgan fingerprint density at radius 2 is 1.25 bits per heavy atom. The van der Waals surface area contributed by atoms with E-state index >= 15 is 0 Å². The molecule has 0 saturated heterocycles. The molecule has 0 fully saturated rings. The second-order valence-corrected chi connectivity index (χ2v) is 0. The Kier molecular flexibility index (Phi) is 66.3. The van der Waals surface area contributed by atoms with Crippen molar-refractivity contribution in [2.75, 3.05) is 0 Å². The van der Waals surface area contributed by atoms with Crippen molar-refractivity contribution in [3.05, 3.63) is 0 Å². The molecular formula is H7BKNaSi. The van der Waals surface area contributed by atoms with Gasteiger partial charge >= 0.3 is 80.9 Å².